The molecular formula is C11H10FNO4. The number of ketones is 1. The Hall–Kier alpha value is -1.98. The van der Waals surface area contributed by atoms with Gasteiger partial charge >= 0.3 is 5.69 Å². The maximum atomic E-state index is 12.8. The zero-order chi connectivity index (χ0) is 12.4. The lowest BCUT2D eigenvalue weighted by atomic mass is 10.2. The summed E-state index contributed by atoms with van der Waals surface area (Å²) in [5.74, 6) is -0.818. The highest BCUT2D eigenvalue weighted by Gasteiger charge is 2.30. The Morgan fingerprint density at radius 1 is 1.53 bits per heavy atom. The van der Waals surface area contributed by atoms with Gasteiger partial charge in [0.05, 0.1) is 11.0 Å². The van der Waals surface area contributed by atoms with Crippen molar-refractivity contribution in [3.8, 4) is 5.75 Å². The van der Waals surface area contributed by atoms with E-state index >= 15 is 0 Å². The molecule has 1 saturated carbocycles. The van der Waals surface area contributed by atoms with Gasteiger partial charge < -0.3 is 4.74 Å². The lowest BCUT2D eigenvalue weighted by molar-refractivity contribution is -0.386. The lowest BCUT2D eigenvalue weighted by Crippen LogP contribution is -2.13. The molecule has 5 nitrogen and oxygen atoms in total. The van der Waals surface area contributed by atoms with Crippen molar-refractivity contribution in [2.75, 3.05) is 6.61 Å². The molecule has 0 aromatic heterocycles. The SMILES string of the molecule is O=C(COc1ccc(F)cc1[N+](=O)[O-])C1CC1. The molecule has 0 amide bonds. The zero-order valence-electron chi connectivity index (χ0n) is 8.89. The molecule has 0 unspecified atom stereocenters. The summed E-state index contributed by atoms with van der Waals surface area (Å²) in [6.07, 6.45) is 1.71. The summed E-state index contributed by atoms with van der Waals surface area (Å²) in [5.41, 5.74) is -0.464. The van der Waals surface area contributed by atoms with E-state index in [-0.39, 0.29) is 24.1 Å². The number of ether oxygens (including phenoxy) is 1. The fourth-order valence-corrected chi connectivity index (χ4v) is 1.43. The number of carbonyl (C=O) groups is 1. The van der Waals surface area contributed by atoms with E-state index in [1.54, 1.807) is 0 Å². The molecule has 0 radical (unpaired) electrons. The van der Waals surface area contributed by atoms with Gasteiger partial charge in [-0.1, -0.05) is 0 Å². The predicted molar refractivity (Wildman–Crippen MR) is 56.3 cm³/mol. The largest absolute Gasteiger partial charge is 0.479 e. The Morgan fingerprint density at radius 2 is 2.24 bits per heavy atom. The molecule has 6 heteroatoms. The van der Waals surface area contributed by atoms with E-state index < -0.39 is 16.4 Å². The monoisotopic (exact) mass is 239 g/mol. The maximum Gasteiger partial charge on any atom is 0.313 e. The van der Waals surface area contributed by atoms with Gasteiger partial charge in [-0.15, -0.1) is 0 Å². The van der Waals surface area contributed by atoms with Crippen LogP contribution in [0.15, 0.2) is 18.2 Å². The average Bonchev–Trinajstić information content (AvgIpc) is 3.10. The first kappa shape index (κ1) is 11.5. The van der Waals surface area contributed by atoms with Crippen LogP contribution in [0.4, 0.5) is 10.1 Å². The number of hydrogen-bond acceptors (Lipinski definition) is 4. The van der Waals surface area contributed by atoms with E-state index in [1.165, 1.54) is 0 Å². The van der Waals surface area contributed by atoms with Gasteiger partial charge in [0.15, 0.2) is 11.5 Å². The summed E-state index contributed by atoms with van der Waals surface area (Å²) in [5, 5.41) is 10.6. The number of hydrogen-bond donors (Lipinski definition) is 0. The zero-order valence-corrected chi connectivity index (χ0v) is 8.89. The highest BCUT2D eigenvalue weighted by molar-refractivity contribution is 5.84. The molecule has 2 rings (SSSR count). The molecule has 0 heterocycles. The van der Waals surface area contributed by atoms with Crippen molar-refractivity contribution < 1.29 is 18.8 Å². The van der Waals surface area contributed by atoms with Crippen LogP contribution in [0.5, 0.6) is 5.75 Å². The minimum atomic E-state index is -0.736. The van der Waals surface area contributed by atoms with Crippen LogP contribution in [0.25, 0.3) is 0 Å². The standard InChI is InChI=1S/C11H10FNO4/c12-8-3-4-11(9(5-8)13(15)16)17-6-10(14)7-1-2-7/h3-5,7H,1-2,6H2. The molecule has 90 valence electrons. The molecule has 17 heavy (non-hydrogen) atoms. The Morgan fingerprint density at radius 3 is 2.82 bits per heavy atom. The van der Waals surface area contributed by atoms with Crippen molar-refractivity contribution in [3.05, 3.63) is 34.1 Å². The van der Waals surface area contributed by atoms with Gasteiger partial charge in [-0.05, 0) is 25.0 Å². The lowest BCUT2D eigenvalue weighted by Gasteiger charge is -2.05. The van der Waals surface area contributed by atoms with Gasteiger partial charge in [-0.25, -0.2) is 4.39 Å². The Kier molecular flexibility index (Phi) is 3.03. The Balaban J connectivity index is 2.08. The summed E-state index contributed by atoms with van der Waals surface area (Å²) in [7, 11) is 0. The number of rotatable bonds is 5. The number of nitrogens with zero attached hydrogens (tertiary/aromatic N) is 1. The summed E-state index contributed by atoms with van der Waals surface area (Å²) in [4.78, 5) is 21.3. The highest BCUT2D eigenvalue weighted by Crippen LogP contribution is 2.31. The van der Waals surface area contributed by atoms with Crippen molar-refractivity contribution in [3.63, 3.8) is 0 Å². The van der Waals surface area contributed by atoms with E-state index in [0.717, 1.165) is 31.0 Å². The van der Waals surface area contributed by atoms with Crippen molar-refractivity contribution in [1.82, 2.24) is 0 Å². The second-order valence-corrected chi connectivity index (χ2v) is 3.90. The molecule has 0 saturated heterocycles. The van der Waals surface area contributed by atoms with Gasteiger partial charge in [0.1, 0.15) is 12.4 Å². The maximum absolute atomic E-state index is 12.8. The van der Waals surface area contributed by atoms with E-state index in [2.05, 4.69) is 0 Å². The van der Waals surface area contributed by atoms with Gasteiger partial charge in [-0.3, -0.25) is 14.9 Å². The average molecular weight is 239 g/mol. The third-order valence-corrected chi connectivity index (χ3v) is 2.52. The minimum absolute atomic E-state index is 0.0366. The quantitative estimate of drug-likeness (QED) is 0.582. The Labute approximate surface area is 96.3 Å². The van der Waals surface area contributed by atoms with Crippen LogP contribution in [-0.4, -0.2) is 17.3 Å². The first-order valence-corrected chi connectivity index (χ1v) is 5.17. The van der Waals surface area contributed by atoms with Gasteiger partial charge in [0.25, 0.3) is 0 Å². The second-order valence-electron chi connectivity index (χ2n) is 3.90. The molecule has 0 spiro atoms. The molecule has 0 aliphatic heterocycles. The third kappa shape index (κ3) is 2.77. The number of Topliss-reactive ketones (excluding diaryl/α,β-unsaturated/α-hetero) is 1. The first-order chi connectivity index (χ1) is 8.08. The summed E-state index contributed by atoms with van der Waals surface area (Å²) in [6.45, 7) is -0.197. The molecule has 1 aliphatic carbocycles. The van der Waals surface area contributed by atoms with Crippen LogP contribution in [0, 0.1) is 21.8 Å². The van der Waals surface area contributed by atoms with Crippen LogP contribution < -0.4 is 4.74 Å². The fraction of sp³-hybridized carbons (Fsp3) is 0.364. The fourth-order valence-electron chi connectivity index (χ4n) is 1.43. The first-order valence-electron chi connectivity index (χ1n) is 5.17. The molecular weight excluding hydrogens is 229 g/mol. The summed E-state index contributed by atoms with van der Waals surface area (Å²) >= 11 is 0. The molecule has 0 bridgehead atoms. The van der Waals surface area contributed by atoms with E-state index in [1.807, 2.05) is 0 Å². The summed E-state index contributed by atoms with van der Waals surface area (Å²) < 4.78 is 17.9. The molecule has 1 aromatic carbocycles. The van der Waals surface area contributed by atoms with E-state index in [4.69, 9.17) is 4.74 Å². The van der Waals surface area contributed by atoms with Crippen molar-refractivity contribution >= 4 is 11.5 Å². The van der Waals surface area contributed by atoms with Crippen molar-refractivity contribution in [2.45, 2.75) is 12.8 Å². The van der Waals surface area contributed by atoms with Crippen molar-refractivity contribution in [1.29, 1.82) is 0 Å². The third-order valence-electron chi connectivity index (χ3n) is 2.52. The van der Waals surface area contributed by atoms with Gasteiger partial charge in [0, 0.05) is 5.92 Å². The van der Waals surface area contributed by atoms with Crippen LogP contribution in [-0.2, 0) is 4.79 Å². The topological polar surface area (TPSA) is 69.4 Å². The van der Waals surface area contributed by atoms with E-state index in [0.29, 0.717) is 0 Å². The second kappa shape index (κ2) is 4.48. The van der Waals surface area contributed by atoms with Crippen molar-refractivity contribution in [2.24, 2.45) is 5.92 Å². The normalized spacial score (nSPS) is 14.4. The number of carbonyl (C=O) groups excluding carboxylic acids is 1. The minimum Gasteiger partial charge on any atom is -0.479 e. The molecule has 0 atom stereocenters. The number of nitro benzene ring substituents is 1. The molecule has 1 aliphatic rings. The number of nitro groups is 1. The smallest absolute Gasteiger partial charge is 0.313 e. The van der Waals surface area contributed by atoms with Crippen LogP contribution in [0.1, 0.15) is 12.8 Å². The summed E-state index contributed by atoms with van der Waals surface area (Å²) in [6, 6.07) is 2.99. The molecule has 1 aromatic rings. The van der Waals surface area contributed by atoms with E-state index in [9.17, 15) is 19.3 Å². The highest BCUT2D eigenvalue weighted by atomic mass is 19.1. The predicted octanol–water partition coefficient (Wildman–Crippen LogP) is 2.09. The van der Waals surface area contributed by atoms with Crippen LogP contribution >= 0.6 is 0 Å². The van der Waals surface area contributed by atoms with Gasteiger partial charge in [-0.2, -0.15) is 0 Å². The molecule has 0 N–H and O–H groups in total. The van der Waals surface area contributed by atoms with Gasteiger partial charge in [0.2, 0.25) is 0 Å². The number of benzene rings is 1. The van der Waals surface area contributed by atoms with Crippen LogP contribution in [0.2, 0.25) is 0 Å². The van der Waals surface area contributed by atoms with Crippen LogP contribution in [0.3, 0.4) is 0 Å². The molecule has 1 fully saturated rings. The Bertz CT molecular complexity index is 471. The number of halogens is 1.